The molecule has 1 saturated heterocycles. The van der Waals surface area contributed by atoms with Crippen molar-refractivity contribution in [2.45, 2.75) is 51.6 Å². The molecule has 0 amide bonds. The van der Waals surface area contributed by atoms with Gasteiger partial charge in [0.15, 0.2) is 0 Å². The maximum Gasteiger partial charge on any atom is 0.309 e. The molecular weight excluding hydrogens is 188 g/mol. The normalized spacial score (nSPS) is 49.4. The van der Waals surface area contributed by atoms with E-state index < -0.39 is 0 Å². The van der Waals surface area contributed by atoms with Crippen LogP contribution >= 0.6 is 0 Å². The van der Waals surface area contributed by atoms with Crippen LogP contribution in [-0.4, -0.2) is 12.1 Å². The molecule has 2 saturated carbocycles. The fraction of sp³-hybridized carbons (Fsp3) is 0.923. The van der Waals surface area contributed by atoms with E-state index in [1.165, 1.54) is 32.1 Å². The molecule has 0 aromatic carbocycles. The van der Waals surface area contributed by atoms with Crippen molar-refractivity contribution in [1.29, 1.82) is 0 Å². The summed E-state index contributed by atoms with van der Waals surface area (Å²) >= 11 is 0. The van der Waals surface area contributed by atoms with Gasteiger partial charge in [-0.25, -0.2) is 0 Å². The van der Waals surface area contributed by atoms with E-state index in [0.717, 1.165) is 18.3 Å². The predicted molar refractivity (Wildman–Crippen MR) is 57.2 cm³/mol. The Kier molecular flexibility index (Phi) is 2.26. The van der Waals surface area contributed by atoms with Gasteiger partial charge in [-0.05, 0) is 31.6 Å². The number of ether oxygens (including phenoxy) is 1. The highest BCUT2D eigenvalue weighted by atomic mass is 16.6. The Bertz CT molecular complexity index is 274. The minimum absolute atomic E-state index is 0.0940. The molecule has 1 aliphatic heterocycles. The Morgan fingerprint density at radius 2 is 1.80 bits per heavy atom. The highest BCUT2D eigenvalue weighted by molar-refractivity contribution is 5.75. The SMILES string of the molecule is C[C@H]1OC(=O)[C@@H]2C[C@@H]3CCCCC3C[C@H]12. The van der Waals surface area contributed by atoms with E-state index in [1.54, 1.807) is 0 Å². The fourth-order valence-electron chi connectivity index (χ4n) is 4.07. The van der Waals surface area contributed by atoms with Crippen molar-refractivity contribution in [2.75, 3.05) is 0 Å². The Labute approximate surface area is 91.4 Å². The number of hydrogen-bond acceptors (Lipinski definition) is 2. The van der Waals surface area contributed by atoms with Crippen molar-refractivity contribution < 1.29 is 9.53 Å². The van der Waals surface area contributed by atoms with E-state index in [2.05, 4.69) is 6.92 Å². The van der Waals surface area contributed by atoms with Crippen LogP contribution in [0.2, 0.25) is 0 Å². The number of cyclic esters (lactones) is 1. The molecule has 5 atom stereocenters. The van der Waals surface area contributed by atoms with E-state index >= 15 is 0 Å². The average Bonchev–Trinajstić information content (AvgIpc) is 2.52. The van der Waals surface area contributed by atoms with Crippen LogP contribution in [0.25, 0.3) is 0 Å². The zero-order chi connectivity index (χ0) is 10.4. The Hall–Kier alpha value is -0.530. The smallest absolute Gasteiger partial charge is 0.309 e. The summed E-state index contributed by atoms with van der Waals surface area (Å²) in [6, 6.07) is 0. The number of hydrogen-bond donors (Lipinski definition) is 0. The van der Waals surface area contributed by atoms with Gasteiger partial charge in [0, 0.05) is 5.92 Å². The first-order chi connectivity index (χ1) is 7.25. The Morgan fingerprint density at radius 1 is 1.13 bits per heavy atom. The van der Waals surface area contributed by atoms with Gasteiger partial charge in [0.05, 0.1) is 5.92 Å². The maximum absolute atomic E-state index is 11.7. The number of carbonyl (C=O) groups excluding carboxylic acids is 1. The molecule has 0 aromatic heterocycles. The third kappa shape index (κ3) is 1.49. The van der Waals surface area contributed by atoms with Crippen LogP contribution in [0.3, 0.4) is 0 Å². The first kappa shape index (κ1) is 9.68. The third-order valence-corrected chi connectivity index (χ3v) is 4.92. The van der Waals surface area contributed by atoms with Gasteiger partial charge in [0.1, 0.15) is 6.10 Å². The average molecular weight is 208 g/mol. The zero-order valence-electron chi connectivity index (χ0n) is 9.45. The predicted octanol–water partition coefficient (Wildman–Crippen LogP) is 2.76. The molecular formula is C13H20O2. The van der Waals surface area contributed by atoms with Gasteiger partial charge >= 0.3 is 5.97 Å². The summed E-state index contributed by atoms with van der Waals surface area (Å²) in [6.45, 7) is 2.08. The lowest BCUT2D eigenvalue weighted by molar-refractivity contribution is -0.144. The topological polar surface area (TPSA) is 26.3 Å². The van der Waals surface area contributed by atoms with Gasteiger partial charge in [-0.2, -0.15) is 0 Å². The van der Waals surface area contributed by atoms with Gasteiger partial charge in [0.25, 0.3) is 0 Å². The van der Waals surface area contributed by atoms with Crippen molar-refractivity contribution in [3.05, 3.63) is 0 Å². The Morgan fingerprint density at radius 3 is 2.53 bits per heavy atom. The summed E-state index contributed by atoms with van der Waals surface area (Å²) < 4.78 is 5.38. The molecule has 2 nitrogen and oxygen atoms in total. The summed E-state index contributed by atoms with van der Waals surface area (Å²) in [5, 5.41) is 0. The molecule has 15 heavy (non-hydrogen) atoms. The Balaban J connectivity index is 1.78. The first-order valence-electron chi connectivity index (χ1n) is 6.46. The molecule has 0 bridgehead atoms. The van der Waals surface area contributed by atoms with Crippen molar-refractivity contribution >= 4 is 5.97 Å². The molecule has 0 aromatic rings. The maximum atomic E-state index is 11.7. The highest BCUT2D eigenvalue weighted by Crippen LogP contribution is 2.49. The molecule has 3 aliphatic rings. The lowest BCUT2D eigenvalue weighted by Crippen LogP contribution is -2.35. The van der Waals surface area contributed by atoms with E-state index in [9.17, 15) is 4.79 Å². The number of carbonyl (C=O) groups is 1. The van der Waals surface area contributed by atoms with Crippen LogP contribution in [-0.2, 0) is 9.53 Å². The van der Waals surface area contributed by atoms with Crippen LogP contribution in [0.5, 0.6) is 0 Å². The van der Waals surface area contributed by atoms with Crippen molar-refractivity contribution in [3.63, 3.8) is 0 Å². The van der Waals surface area contributed by atoms with Crippen LogP contribution in [0.1, 0.15) is 45.4 Å². The van der Waals surface area contributed by atoms with Gasteiger partial charge in [-0.1, -0.05) is 25.7 Å². The highest BCUT2D eigenvalue weighted by Gasteiger charge is 2.48. The quantitative estimate of drug-likeness (QED) is 0.572. The van der Waals surface area contributed by atoms with Crippen LogP contribution in [0.15, 0.2) is 0 Å². The molecule has 3 fully saturated rings. The van der Waals surface area contributed by atoms with E-state index in [0.29, 0.717) is 5.92 Å². The summed E-state index contributed by atoms with van der Waals surface area (Å²) in [5.74, 6) is 2.61. The lowest BCUT2D eigenvalue weighted by Gasteiger charge is -2.40. The van der Waals surface area contributed by atoms with Crippen molar-refractivity contribution in [1.82, 2.24) is 0 Å². The van der Waals surface area contributed by atoms with Gasteiger partial charge in [-0.15, -0.1) is 0 Å². The third-order valence-electron chi connectivity index (χ3n) is 4.92. The minimum Gasteiger partial charge on any atom is -0.462 e. The largest absolute Gasteiger partial charge is 0.462 e. The molecule has 1 unspecified atom stereocenters. The number of esters is 1. The molecule has 0 N–H and O–H groups in total. The zero-order valence-corrected chi connectivity index (χ0v) is 9.45. The monoisotopic (exact) mass is 208 g/mol. The fourth-order valence-corrected chi connectivity index (χ4v) is 4.07. The van der Waals surface area contributed by atoms with Gasteiger partial charge in [0.2, 0.25) is 0 Å². The molecule has 2 aliphatic carbocycles. The summed E-state index contributed by atoms with van der Waals surface area (Å²) in [7, 11) is 0. The van der Waals surface area contributed by atoms with Crippen LogP contribution in [0.4, 0.5) is 0 Å². The summed E-state index contributed by atoms with van der Waals surface area (Å²) in [6.07, 6.45) is 8.10. The molecule has 0 radical (unpaired) electrons. The number of fused-ring (bicyclic) bond motifs is 2. The second-order valence-electron chi connectivity index (χ2n) is 5.69. The molecule has 2 heteroatoms. The summed E-state index contributed by atoms with van der Waals surface area (Å²) in [5.41, 5.74) is 0. The van der Waals surface area contributed by atoms with E-state index in [-0.39, 0.29) is 18.0 Å². The van der Waals surface area contributed by atoms with Crippen LogP contribution in [0, 0.1) is 23.7 Å². The van der Waals surface area contributed by atoms with Crippen LogP contribution < -0.4 is 0 Å². The second kappa shape index (κ2) is 3.50. The number of rotatable bonds is 0. The first-order valence-corrected chi connectivity index (χ1v) is 6.46. The van der Waals surface area contributed by atoms with E-state index in [4.69, 9.17) is 4.74 Å². The molecule has 1 heterocycles. The van der Waals surface area contributed by atoms with Gasteiger partial charge < -0.3 is 4.74 Å². The molecule has 0 spiro atoms. The van der Waals surface area contributed by atoms with E-state index in [1.807, 2.05) is 0 Å². The molecule has 84 valence electrons. The second-order valence-corrected chi connectivity index (χ2v) is 5.69. The minimum atomic E-state index is 0.0940. The van der Waals surface area contributed by atoms with Crippen molar-refractivity contribution in [2.24, 2.45) is 23.7 Å². The van der Waals surface area contributed by atoms with Gasteiger partial charge in [-0.3, -0.25) is 4.79 Å². The summed E-state index contributed by atoms with van der Waals surface area (Å²) in [4.78, 5) is 11.7. The molecule has 3 rings (SSSR count). The van der Waals surface area contributed by atoms with Crippen molar-refractivity contribution in [3.8, 4) is 0 Å². The lowest BCUT2D eigenvalue weighted by atomic mass is 9.63. The standard InChI is InChI=1S/C13H20O2/c1-8-11-6-9-4-2-3-5-10(9)7-12(11)13(14)15-8/h8-12H,2-7H2,1H3/t8-,9?,10+,11-,12-/m1/s1.